The van der Waals surface area contributed by atoms with Crippen LogP contribution in [0.2, 0.25) is 0 Å². The number of nitrogens with zero attached hydrogens (tertiary/aromatic N) is 1. The topological polar surface area (TPSA) is 67.9 Å². The molecule has 9 heteroatoms. The zero-order chi connectivity index (χ0) is 20.8. The molecule has 1 aliphatic rings. The summed E-state index contributed by atoms with van der Waals surface area (Å²) in [5.74, 6) is 1.02. The second-order valence-electron chi connectivity index (χ2n) is 6.74. The molecular weight excluding hydrogens is 444 g/mol. The van der Waals surface area contributed by atoms with E-state index >= 15 is 0 Å². The molecule has 0 radical (unpaired) electrons. The number of amides is 1. The number of benzene rings is 1. The van der Waals surface area contributed by atoms with E-state index in [9.17, 15) is 9.59 Å². The molecule has 0 bridgehead atoms. The fourth-order valence-corrected chi connectivity index (χ4v) is 5.34. The van der Waals surface area contributed by atoms with Gasteiger partial charge >= 0.3 is 5.97 Å². The average molecular weight is 471 g/mol. The zero-order valence-electron chi connectivity index (χ0n) is 17.4. The molecule has 0 atom stereocenters. The Balaban J connectivity index is 0.00000320. The first kappa shape index (κ1) is 24.5. The van der Waals surface area contributed by atoms with E-state index < -0.39 is 0 Å². The maximum atomic E-state index is 12.5. The molecule has 1 aromatic carbocycles. The Morgan fingerprint density at radius 3 is 2.67 bits per heavy atom. The quantitative estimate of drug-likeness (QED) is 0.453. The first-order valence-electron chi connectivity index (χ1n) is 9.58. The van der Waals surface area contributed by atoms with Crippen molar-refractivity contribution in [2.45, 2.75) is 31.2 Å². The number of ether oxygens (including phenoxy) is 2. The first-order chi connectivity index (χ1) is 14.0. The number of esters is 1. The lowest BCUT2D eigenvalue weighted by atomic mass is 10.0. The van der Waals surface area contributed by atoms with Gasteiger partial charge in [0.15, 0.2) is 0 Å². The van der Waals surface area contributed by atoms with Crippen molar-refractivity contribution in [2.75, 3.05) is 38.4 Å². The molecule has 0 saturated heterocycles. The molecule has 164 valence electrons. The van der Waals surface area contributed by atoms with Crippen LogP contribution in [0.15, 0.2) is 29.2 Å². The fraction of sp³-hybridized carbons (Fsp3) is 0.429. The van der Waals surface area contributed by atoms with Gasteiger partial charge in [0, 0.05) is 35.0 Å². The number of nitrogens with one attached hydrogen (secondary N) is 1. The molecule has 2 heterocycles. The summed E-state index contributed by atoms with van der Waals surface area (Å²) in [5, 5.41) is 3.57. The summed E-state index contributed by atoms with van der Waals surface area (Å²) in [7, 11) is 3.69. The third-order valence-electron chi connectivity index (χ3n) is 4.64. The van der Waals surface area contributed by atoms with Gasteiger partial charge in [0.1, 0.15) is 10.8 Å². The van der Waals surface area contributed by atoms with Crippen molar-refractivity contribution < 1.29 is 19.1 Å². The zero-order valence-corrected chi connectivity index (χ0v) is 19.8. The van der Waals surface area contributed by atoms with Gasteiger partial charge in [-0.3, -0.25) is 4.79 Å². The maximum Gasteiger partial charge on any atom is 0.341 e. The van der Waals surface area contributed by atoms with Gasteiger partial charge in [-0.15, -0.1) is 35.5 Å². The number of thioether (sulfide) groups is 1. The van der Waals surface area contributed by atoms with Gasteiger partial charge in [-0.1, -0.05) is 0 Å². The number of carbonyl (C=O) groups is 2. The molecular formula is C21H27ClN2O4S2. The second-order valence-corrected chi connectivity index (χ2v) is 9.01. The van der Waals surface area contributed by atoms with Gasteiger partial charge in [-0.2, -0.15) is 0 Å². The molecule has 30 heavy (non-hydrogen) atoms. The predicted octanol–water partition coefficient (Wildman–Crippen LogP) is 4.46. The Kier molecular flexibility index (Phi) is 9.48. The van der Waals surface area contributed by atoms with Crippen molar-refractivity contribution in [3.05, 3.63) is 40.3 Å². The van der Waals surface area contributed by atoms with Gasteiger partial charge in [0.25, 0.3) is 0 Å². The minimum Gasteiger partial charge on any atom is -0.497 e. The lowest BCUT2D eigenvalue weighted by molar-refractivity contribution is -0.115. The molecule has 2 aromatic rings. The van der Waals surface area contributed by atoms with Crippen LogP contribution >= 0.6 is 35.5 Å². The minimum absolute atomic E-state index is 0. The third-order valence-corrected chi connectivity index (χ3v) is 6.78. The number of carbonyl (C=O) groups excluding carboxylic acids is 2. The standard InChI is InChI=1S/C21H26N2O4S2.ClH/c1-4-27-21(25)19-16-9-11-23(2)13-17(16)29-20(19)22-18(24)10-12-28-15-7-5-14(26-3)6-8-15;/h5-8H,4,9-13H2,1-3H3,(H,22,24);1H. The number of methoxy groups -OCH3 is 1. The molecule has 0 saturated carbocycles. The number of hydrogen-bond donors (Lipinski definition) is 1. The number of fused-ring (bicyclic) bond motifs is 1. The molecule has 0 spiro atoms. The fourth-order valence-electron chi connectivity index (χ4n) is 3.16. The number of rotatable bonds is 8. The van der Waals surface area contributed by atoms with Crippen molar-refractivity contribution in [2.24, 2.45) is 0 Å². The van der Waals surface area contributed by atoms with Crippen molar-refractivity contribution in [3.8, 4) is 5.75 Å². The minimum atomic E-state index is -0.350. The van der Waals surface area contributed by atoms with Gasteiger partial charge in [-0.25, -0.2) is 4.79 Å². The highest BCUT2D eigenvalue weighted by atomic mass is 35.5. The van der Waals surface area contributed by atoms with Crippen LogP contribution in [-0.2, 0) is 22.5 Å². The van der Waals surface area contributed by atoms with E-state index in [1.165, 1.54) is 11.3 Å². The van der Waals surface area contributed by atoms with Crippen LogP contribution in [0.1, 0.15) is 34.1 Å². The van der Waals surface area contributed by atoms with E-state index in [2.05, 4.69) is 17.3 Å². The summed E-state index contributed by atoms with van der Waals surface area (Å²) < 4.78 is 10.4. The number of anilines is 1. The van der Waals surface area contributed by atoms with Gasteiger partial charge < -0.3 is 19.7 Å². The van der Waals surface area contributed by atoms with E-state index in [4.69, 9.17) is 9.47 Å². The molecule has 0 aliphatic carbocycles. The number of hydrogen-bond acceptors (Lipinski definition) is 7. The molecule has 1 aliphatic heterocycles. The SMILES string of the molecule is CCOC(=O)c1c(NC(=O)CCSc2ccc(OC)cc2)sc2c1CCN(C)C2.Cl. The lowest BCUT2D eigenvalue weighted by Gasteiger charge is -2.22. The summed E-state index contributed by atoms with van der Waals surface area (Å²) in [6, 6.07) is 7.76. The van der Waals surface area contributed by atoms with E-state index in [1.807, 2.05) is 24.3 Å². The van der Waals surface area contributed by atoms with Crippen LogP contribution in [0, 0.1) is 0 Å². The molecule has 0 fully saturated rings. The van der Waals surface area contributed by atoms with Crippen LogP contribution in [0.25, 0.3) is 0 Å². The van der Waals surface area contributed by atoms with Crippen LogP contribution in [0.5, 0.6) is 5.75 Å². The Morgan fingerprint density at radius 1 is 1.27 bits per heavy atom. The molecule has 1 N–H and O–H groups in total. The van der Waals surface area contributed by atoms with Gasteiger partial charge in [-0.05, 0) is 50.2 Å². The summed E-state index contributed by atoms with van der Waals surface area (Å²) in [5.41, 5.74) is 1.56. The monoisotopic (exact) mass is 470 g/mol. The summed E-state index contributed by atoms with van der Waals surface area (Å²) in [6.07, 6.45) is 1.15. The number of thiophene rings is 1. The van der Waals surface area contributed by atoms with Crippen LogP contribution in [-0.4, -0.2) is 49.8 Å². The summed E-state index contributed by atoms with van der Waals surface area (Å²) in [4.78, 5) is 29.5. The van der Waals surface area contributed by atoms with E-state index in [0.717, 1.165) is 40.6 Å². The summed E-state index contributed by atoms with van der Waals surface area (Å²) >= 11 is 3.10. The third kappa shape index (κ3) is 6.14. The molecule has 1 amide bonds. The average Bonchev–Trinajstić information content (AvgIpc) is 3.05. The molecule has 3 rings (SSSR count). The molecule has 1 aromatic heterocycles. The molecule has 0 unspecified atom stereocenters. The lowest BCUT2D eigenvalue weighted by Crippen LogP contribution is -2.26. The van der Waals surface area contributed by atoms with Crippen molar-refractivity contribution in [1.29, 1.82) is 0 Å². The van der Waals surface area contributed by atoms with Gasteiger partial charge in [0.05, 0.1) is 19.3 Å². The van der Waals surface area contributed by atoms with Gasteiger partial charge in [0.2, 0.25) is 5.91 Å². The predicted molar refractivity (Wildman–Crippen MR) is 125 cm³/mol. The van der Waals surface area contributed by atoms with Crippen molar-refractivity contribution in [1.82, 2.24) is 4.90 Å². The van der Waals surface area contributed by atoms with E-state index in [-0.39, 0.29) is 24.3 Å². The Bertz CT molecular complexity index is 871. The highest BCUT2D eigenvalue weighted by Crippen LogP contribution is 2.37. The Hall–Kier alpha value is -1.74. The van der Waals surface area contributed by atoms with E-state index in [0.29, 0.717) is 29.3 Å². The number of halogens is 1. The number of likely N-dealkylation sites (N-methyl/N-ethyl adjacent to an activating group) is 1. The van der Waals surface area contributed by atoms with Crippen molar-refractivity contribution in [3.63, 3.8) is 0 Å². The highest BCUT2D eigenvalue weighted by molar-refractivity contribution is 7.99. The smallest absolute Gasteiger partial charge is 0.341 e. The largest absolute Gasteiger partial charge is 0.497 e. The Labute approximate surface area is 191 Å². The maximum absolute atomic E-state index is 12.5. The second kappa shape index (κ2) is 11.6. The van der Waals surface area contributed by atoms with Crippen molar-refractivity contribution >= 4 is 52.4 Å². The first-order valence-corrected chi connectivity index (χ1v) is 11.4. The van der Waals surface area contributed by atoms with Crippen LogP contribution in [0.3, 0.4) is 0 Å². The van der Waals surface area contributed by atoms with Crippen LogP contribution < -0.4 is 10.1 Å². The van der Waals surface area contributed by atoms with Crippen LogP contribution in [0.4, 0.5) is 5.00 Å². The Morgan fingerprint density at radius 2 is 2.00 bits per heavy atom. The summed E-state index contributed by atoms with van der Waals surface area (Å²) in [6.45, 7) is 3.78. The molecule has 6 nitrogen and oxygen atoms in total. The highest BCUT2D eigenvalue weighted by Gasteiger charge is 2.28. The normalized spacial score (nSPS) is 13.2. The van der Waals surface area contributed by atoms with E-state index in [1.54, 1.807) is 25.8 Å².